The summed E-state index contributed by atoms with van der Waals surface area (Å²) < 4.78 is 7.28. The lowest BCUT2D eigenvalue weighted by Crippen LogP contribution is -2.32. The highest BCUT2D eigenvalue weighted by molar-refractivity contribution is 8.00. The molecule has 1 unspecified atom stereocenters. The van der Waals surface area contributed by atoms with E-state index in [9.17, 15) is 9.59 Å². The van der Waals surface area contributed by atoms with Crippen molar-refractivity contribution in [1.29, 1.82) is 0 Å². The summed E-state index contributed by atoms with van der Waals surface area (Å²) in [5.41, 5.74) is 0.450. The molecule has 2 aromatic rings. The molecule has 0 bridgehead atoms. The van der Waals surface area contributed by atoms with Crippen molar-refractivity contribution < 1.29 is 9.53 Å². The summed E-state index contributed by atoms with van der Waals surface area (Å²) in [5, 5.41) is 4.32. The van der Waals surface area contributed by atoms with Gasteiger partial charge in [0.15, 0.2) is 5.16 Å². The van der Waals surface area contributed by atoms with Gasteiger partial charge < -0.3 is 10.1 Å². The lowest BCUT2D eigenvalue weighted by Gasteiger charge is -2.17. The van der Waals surface area contributed by atoms with E-state index in [-0.39, 0.29) is 22.8 Å². The van der Waals surface area contributed by atoms with E-state index in [0.717, 1.165) is 19.3 Å². The Morgan fingerprint density at radius 3 is 2.96 bits per heavy atom. The van der Waals surface area contributed by atoms with Crippen molar-refractivity contribution in [2.45, 2.75) is 62.6 Å². The molecule has 0 aliphatic carbocycles. The van der Waals surface area contributed by atoms with Gasteiger partial charge in [0.05, 0.1) is 22.3 Å². The number of amides is 1. The highest BCUT2D eigenvalue weighted by Gasteiger charge is 2.24. The van der Waals surface area contributed by atoms with Crippen LogP contribution in [0.15, 0.2) is 28.2 Å². The first-order valence-electron chi connectivity index (χ1n) is 9.72. The number of nitrogens with zero attached hydrogens (tertiary/aromatic N) is 2. The summed E-state index contributed by atoms with van der Waals surface area (Å²) in [7, 11) is 0. The number of thioether (sulfide) groups is 1. The first-order chi connectivity index (χ1) is 13.5. The third kappa shape index (κ3) is 5.27. The van der Waals surface area contributed by atoms with E-state index in [1.807, 2.05) is 13.8 Å². The average molecular weight is 424 g/mol. The molecule has 1 saturated heterocycles. The van der Waals surface area contributed by atoms with E-state index in [2.05, 4.69) is 5.32 Å². The van der Waals surface area contributed by atoms with Gasteiger partial charge in [0.2, 0.25) is 5.91 Å². The molecule has 6 nitrogen and oxygen atoms in total. The van der Waals surface area contributed by atoms with Crippen molar-refractivity contribution in [3.8, 4) is 0 Å². The van der Waals surface area contributed by atoms with Gasteiger partial charge >= 0.3 is 0 Å². The Labute approximate surface area is 174 Å². The number of rotatable bonds is 7. The van der Waals surface area contributed by atoms with Gasteiger partial charge in [-0.3, -0.25) is 14.2 Å². The van der Waals surface area contributed by atoms with Crippen LogP contribution in [-0.2, 0) is 16.1 Å². The Bertz CT molecular complexity index is 900. The van der Waals surface area contributed by atoms with Gasteiger partial charge in [0, 0.05) is 24.7 Å². The molecule has 0 saturated carbocycles. The van der Waals surface area contributed by atoms with E-state index in [1.165, 1.54) is 11.8 Å². The highest BCUT2D eigenvalue weighted by atomic mass is 35.5. The molecule has 1 aliphatic rings. The molecule has 1 fully saturated rings. The van der Waals surface area contributed by atoms with Crippen LogP contribution in [0.5, 0.6) is 0 Å². The highest BCUT2D eigenvalue weighted by Crippen LogP contribution is 2.28. The molecule has 1 aromatic carbocycles. The maximum Gasteiger partial charge on any atom is 0.262 e. The number of carbonyl (C=O) groups is 1. The lowest BCUT2D eigenvalue weighted by atomic mass is 10.2. The van der Waals surface area contributed by atoms with Gasteiger partial charge in [0.25, 0.3) is 5.56 Å². The second-order valence-electron chi connectivity index (χ2n) is 7.18. The van der Waals surface area contributed by atoms with Crippen molar-refractivity contribution in [2.75, 3.05) is 13.2 Å². The Morgan fingerprint density at radius 1 is 1.36 bits per heavy atom. The number of hydrogen-bond acceptors (Lipinski definition) is 5. The fourth-order valence-corrected chi connectivity index (χ4v) is 4.50. The van der Waals surface area contributed by atoms with Crippen LogP contribution < -0.4 is 10.9 Å². The number of carbonyl (C=O) groups excluding carboxylic acids is 1. The zero-order valence-electron chi connectivity index (χ0n) is 16.2. The third-order valence-electron chi connectivity index (χ3n) is 4.59. The zero-order valence-corrected chi connectivity index (χ0v) is 17.8. The largest absolute Gasteiger partial charge is 0.379 e. The predicted molar refractivity (Wildman–Crippen MR) is 113 cm³/mol. The van der Waals surface area contributed by atoms with Gasteiger partial charge in [0.1, 0.15) is 0 Å². The number of aromatic nitrogens is 2. The van der Waals surface area contributed by atoms with Crippen molar-refractivity contribution in [1.82, 2.24) is 14.9 Å². The van der Waals surface area contributed by atoms with Crippen LogP contribution in [-0.4, -0.2) is 40.0 Å². The number of nitrogens with one attached hydrogen (secondary N) is 1. The number of ether oxygens (including phenoxy) is 1. The summed E-state index contributed by atoms with van der Waals surface area (Å²) in [6, 6.07) is 5.10. The molecule has 1 amide bonds. The molecule has 0 radical (unpaired) electrons. The van der Waals surface area contributed by atoms with Crippen LogP contribution in [0.2, 0.25) is 5.02 Å². The molecule has 0 spiro atoms. The Balaban J connectivity index is 1.93. The molecular weight excluding hydrogens is 398 g/mol. The van der Waals surface area contributed by atoms with E-state index >= 15 is 0 Å². The van der Waals surface area contributed by atoms with Crippen LogP contribution in [0.25, 0.3) is 10.9 Å². The Morgan fingerprint density at radius 2 is 2.18 bits per heavy atom. The standard InChI is InChI=1S/C20H26ClN3O3S/c1-13(2)27-11-5-10-24-19(26)15-8-7-14(21)12-16(15)23-20(24)28-17-6-3-4-9-22-18(17)25/h7-8,12-13,17H,3-6,9-11H2,1-2H3,(H,22,25). The number of benzene rings is 1. The lowest BCUT2D eigenvalue weighted by molar-refractivity contribution is -0.120. The summed E-state index contributed by atoms with van der Waals surface area (Å²) in [4.78, 5) is 30.2. The summed E-state index contributed by atoms with van der Waals surface area (Å²) in [6.07, 6.45) is 3.57. The molecule has 1 aliphatic heterocycles. The monoisotopic (exact) mass is 423 g/mol. The first-order valence-corrected chi connectivity index (χ1v) is 11.0. The number of fused-ring (bicyclic) bond motifs is 1. The summed E-state index contributed by atoms with van der Waals surface area (Å²) >= 11 is 7.46. The second kappa shape index (κ2) is 9.76. The molecule has 3 rings (SSSR count). The minimum atomic E-state index is -0.246. The topological polar surface area (TPSA) is 73.2 Å². The minimum Gasteiger partial charge on any atom is -0.379 e. The molecule has 1 aromatic heterocycles. The van der Waals surface area contributed by atoms with Crippen molar-refractivity contribution in [2.24, 2.45) is 0 Å². The van der Waals surface area contributed by atoms with Crippen LogP contribution in [0, 0.1) is 0 Å². The Hall–Kier alpha value is -1.57. The van der Waals surface area contributed by atoms with Gasteiger partial charge in [-0.2, -0.15) is 0 Å². The minimum absolute atomic E-state index is 0.0117. The van der Waals surface area contributed by atoms with Crippen LogP contribution in [0.1, 0.15) is 39.5 Å². The van der Waals surface area contributed by atoms with Crippen LogP contribution in [0.4, 0.5) is 0 Å². The molecule has 28 heavy (non-hydrogen) atoms. The van der Waals surface area contributed by atoms with E-state index < -0.39 is 0 Å². The molecule has 1 N–H and O–H groups in total. The smallest absolute Gasteiger partial charge is 0.262 e. The van der Waals surface area contributed by atoms with Gasteiger partial charge in [-0.1, -0.05) is 29.8 Å². The fourth-order valence-electron chi connectivity index (χ4n) is 3.15. The zero-order chi connectivity index (χ0) is 20.1. The van der Waals surface area contributed by atoms with E-state index in [1.54, 1.807) is 22.8 Å². The van der Waals surface area contributed by atoms with E-state index in [4.69, 9.17) is 21.3 Å². The fraction of sp³-hybridized carbons (Fsp3) is 0.550. The quantitative estimate of drug-likeness (QED) is 0.543. The molecular formula is C20H26ClN3O3S. The van der Waals surface area contributed by atoms with Crippen LogP contribution >= 0.6 is 23.4 Å². The number of halogens is 1. The third-order valence-corrected chi connectivity index (χ3v) is 6.08. The Kier molecular flexibility index (Phi) is 7.37. The number of hydrogen-bond donors (Lipinski definition) is 1. The first kappa shape index (κ1) is 21.1. The van der Waals surface area contributed by atoms with Crippen molar-refractivity contribution in [3.63, 3.8) is 0 Å². The van der Waals surface area contributed by atoms with Gasteiger partial charge in [-0.25, -0.2) is 4.98 Å². The van der Waals surface area contributed by atoms with Gasteiger partial charge in [-0.05, 0) is 51.3 Å². The maximum atomic E-state index is 13.1. The van der Waals surface area contributed by atoms with Gasteiger partial charge in [-0.15, -0.1) is 0 Å². The average Bonchev–Trinajstić information content (AvgIpc) is 2.84. The molecule has 8 heteroatoms. The van der Waals surface area contributed by atoms with Crippen molar-refractivity contribution in [3.05, 3.63) is 33.6 Å². The predicted octanol–water partition coefficient (Wildman–Crippen LogP) is 3.63. The summed E-state index contributed by atoms with van der Waals surface area (Å²) in [5.74, 6) is 0.0117. The molecule has 2 heterocycles. The molecule has 152 valence electrons. The molecule has 1 atom stereocenters. The van der Waals surface area contributed by atoms with Crippen LogP contribution in [0.3, 0.4) is 0 Å². The van der Waals surface area contributed by atoms with Crippen molar-refractivity contribution >= 4 is 40.2 Å². The second-order valence-corrected chi connectivity index (χ2v) is 8.79. The normalized spacial score (nSPS) is 17.7. The SMILES string of the molecule is CC(C)OCCCn1c(SC2CCCCNC2=O)nc2cc(Cl)ccc2c1=O. The van der Waals surface area contributed by atoms with E-state index in [0.29, 0.717) is 47.2 Å². The maximum absolute atomic E-state index is 13.1. The summed E-state index contributed by atoms with van der Waals surface area (Å²) in [6.45, 7) is 5.74.